The topological polar surface area (TPSA) is 48.7 Å². The molecule has 3 aromatic carbocycles. The molecule has 176 valence electrons. The lowest BCUT2D eigenvalue weighted by Gasteiger charge is -2.23. The summed E-state index contributed by atoms with van der Waals surface area (Å²) in [6.45, 7) is 8.60. The van der Waals surface area contributed by atoms with Crippen LogP contribution in [0.25, 0.3) is 39.2 Å². The number of nitrogens with one attached hydrogen (secondary N) is 1. The van der Waals surface area contributed by atoms with Gasteiger partial charge >= 0.3 is 5.65 Å². The van der Waals surface area contributed by atoms with Crippen LogP contribution in [0, 0.1) is 0 Å². The van der Waals surface area contributed by atoms with Crippen molar-refractivity contribution in [2.24, 2.45) is 7.05 Å². The summed E-state index contributed by atoms with van der Waals surface area (Å²) >= 11 is 0. The highest BCUT2D eigenvalue weighted by atomic mass is 15.2. The molecule has 6 rings (SSSR count). The Morgan fingerprint density at radius 3 is 2.37 bits per heavy atom. The van der Waals surface area contributed by atoms with Crippen LogP contribution in [0.1, 0.15) is 39.1 Å². The lowest BCUT2D eigenvalue weighted by atomic mass is 9.83. The molecule has 0 aliphatic carbocycles. The van der Waals surface area contributed by atoms with Gasteiger partial charge in [0.2, 0.25) is 5.82 Å². The van der Waals surface area contributed by atoms with Crippen LogP contribution < -0.4 is 9.47 Å². The molecule has 5 heteroatoms. The minimum Gasteiger partial charge on any atom is -0.347 e. The summed E-state index contributed by atoms with van der Waals surface area (Å²) in [6.07, 6.45) is 6.43. The van der Waals surface area contributed by atoms with E-state index in [1.165, 1.54) is 27.7 Å². The number of imidazole rings is 1. The van der Waals surface area contributed by atoms with Crippen LogP contribution >= 0.6 is 0 Å². The van der Waals surface area contributed by atoms with Crippen LogP contribution in [-0.2, 0) is 12.5 Å². The quantitative estimate of drug-likeness (QED) is 0.307. The Balaban J connectivity index is 0.00000124. The maximum absolute atomic E-state index is 4.79. The molecule has 3 heterocycles. The van der Waals surface area contributed by atoms with Gasteiger partial charge in [-0.05, 0) is 29.2 Å². The van der Waals surface area contributed by atoms with Gasteiger partial charge in [0.1, 0.15) is 5.52 Å². The molecule has 0 spiro atoms. The van der Waals surface area contributed by atoms with E-state index >= 15 is 0 Å². The normalized spacial score (nSPS) is 15.8. The second-order valence-electron chi connectivity index (χ2n) is 9.23. The van der Waals surface area contributed by atoms with E-state index in [2.05, 4.69) is 90.0 Å². The molecule has 1 aliphatic heterocycles. The van der Waals surface area contributed by atoms with Gasteiger partial charge in [-0.3, -0.25) is 4.98 Å². The lowest BCUT2D eigenvalue weighted by Crippen LogP contribution is -2.30. The number of aromatic amines is 1. The zero-order chi connectivity index (χ0) is 24.7. The number of aryl methyl sites for hydroxylation is 1. The lowest BCUT2D eigenvalue weighted by molar-refractivity contribution is -0.648. The Labute approximate surface area is 206 Å². The number of benzene rings is 3. The third-order valence-electron chi connectivity index (χ3n) is 6.90. The second-order valence-corrected chi connectivity index (χ2v) is 9.23. The second kappa shape index (κ2) is 8.66. The molecular formula is C30H32N5+. The fraction of sp³-hybridized carbons (Fsp3) is 0.233. The van der Waals surface area contributed by atoms with Gasteiger partial charge in [-0.25, -0.2) is 9.55 Å². The number of fused-ring (bicyclic) bond motifs is 5. The molecule has 5 aromatic rings. The van der Waals surface area contributed by atoms with Crippen molar-refractivity contribution in [1.29, 1.82) is 0 Å². The maximum Gasteiger partial charge on any atom is 0.322 e. The van der Waals surface area contributed by atoms with E-state index in [-0.39, 0.29) is 5.41 Å². The van der Waals surface area contributed by atoms with Crippen molar-refractivity contribution >= 4 is 44.9 Å². The average Bonchev–Trinajstić information content (AvgIpc) is 3.29. The van der Waals surface area contributed by atoms with E-state index in [0.29, 0.717) is 0 Å². The molecule has 5 nitrogen and oxygen atoms in total. The van der Waals surface area contributed by atoms with Crippen LogP contribution in [0.2, 0.25) is 0 Å². The molecule has 1 N–H and O–H groups in total. The Kier molecular flexibility index (Phi) is 5.64. The smallest absolute Gasteiger partial charge is 0.322 e. The van der Waals surface area contributed by atoms with E-state index < -0.39 is 0 Å². The standard InChI is InChI=1S/C28H25N5.C2H6/c1-28(2)20-17-16-18-10-5-6-11-19(18)25(20)32(3)23(28)14-9-15-24-31-26-27(33(24)4)30-22-13-8-7-12-21(22)29-26;1-2/h5-17H,1-4H3;1-2H3/p+1. The number of hydrogen-bond donors (Lipinski definition) is 1. The molecule has 0 fully saturated rings. The van der Waals surface area contributed by atoms with Gasteiger partial charge in [-0.1, -0.05) is 87.3 Å². The van der Waals surface area contributed by atoms with E-state index in [1.807, 2.05) is 45.2 Å². The third-order valence-corrected chi connectivity index (χ3v) is 6.90. The molecule has 0 saturated heterocycles. The molecular weight excluding hydrogens is 430 g/mol. The molecule has 2 aromatic heterocycles. The molecule has 0 amide bonds. The summed E-state index contributed by atoms with van der Waals surface area (Å²) in [5, 5.41) is 2.57. The summed E-state index contributed by atoms with van der Waals surface area (Å²) in [5.41, 5.74) is 7.28. The van der Waals surface area contributed by atoms with Crippen molar-refractivity contribution in [3.8, 4) is 0 Å². The summed E-state index contributed by atoms with van der Waals surface area (Å²) < 4.78 is 2.05. The molecule has 0 saturated carbocycles. The molecule has 0 radical (unpaired) electrons. The zero-order valence-corrected chi connectivity index (χ0v) is 21.3. The van der Waals surface area contributed by atoms with Gasteiger partial charge in [0.25, 0.3) is 5.65 Å². The number of H-pyrrole nitrogens is 1. The summed E-state index contributed by atoms with van der Waals surface area (Å²) in [4.78, 5) is 15.3. The fourth-order valence-corrected chi connectivity index (χ4v) is 5.13. The van der Waals surface area contributed by atoms with Crippen LogP contribution in [0.4, 0.5) is 5.69 Å². The number of para-hydroxylation sites is 2. The van der Waals surface area contributed by atoms with Crippen molar-refractivity contribution in [2.75, 3.05) is 11.9 Å². The van der Waals surface area contributed by atoms with Gasteiger partial charge in [0.15, 0.2) is 5.52 Å². The maximum atomic E-state index is 4.79. The third kappa shape index (κ3) is 3.59. The minimum absolute atomic E-state index is 0.0814. The number of allylic oxidation sites excluding steroid dienone is 3. The van der Waals surface area contributed by atoms with Crippen molar-refractivity contribution in [1.82, 2.24) is 15.0 Å². The van der Waals surface area contributed by atoms with Crippen molar-refractivity contribution < 1.29 is 4.57 Å². The number of nitrogens with zero attached hydrogens (tertiary/aromatic N) is 4. The van der Waals surface area contributed by atoms with E-state index in [4.69, 9.17) is 9.97 Å². The van der Waals surface area contributed by atoms with Crippen molar-refractivity contribution in [3.63, 3.8) is 0 Å². The van der Waals surface area contributed by atoms with E-state index in [0.717, 1.165) is 28.2 Å². The zero-order valence-electron chi connectivity index (χ0n) is 21.3. The van der Waals surface area contributed by atoms with Crippen molar-refractivity contribution in [2.45, 2.75) is 33.1 Å². The predicted octanol–water partition coefficient (Wildman–Crippen LogP) is 6.44. The summed E-state index contributed by atoms with van der Waals surface area (Å²) in [6, 6.07) is 21.1. The predicted molar refractivity (Wildman–Crippen MR) is 146 cm³/mol. The Hall–Kier alpha value is -3.99. The largest absolute Gasteiger partial charge is 0.347 e. The van der Waals surface area contributed by atoms with Gasteiger partial charge in [0, 0.05) is 29.6 Å². The van der Waals surface area contributed by atoms with E-state index in [9.17, 15) is 0 Å². The molecule has 0 atom stereocenters. The monoisotopic (exact) mass is 462 g/mol. The van der Waals surface area contributed by atoms with Crippen LogP contribution in [0.15, 0.2) is 78.5 Å². The first kappa shape index (κ1) is 22.8. The molecule has 1 aliphatic rings. The highest BCUT2D eigenvalue weighted by molar-refractivity contribution is 5.99. The highest BCUT2D eigenvalue weighted by Gasteiger charge is 2.39. The first-order valence-corrected chi connectivity index (χ1v) is 12.2. The van der Waals surface area contributed by atoms with Gasteiger partial charge in [-0.2, -0.15) is 0 Å². The number of likely N-dealkylation sites (N-methyl/N-ethyl adjacent to an activating group) is 1. The van der Waals surface area contributed by atoms with E-state index in [1.54, 1.807) is 0 Å². The first-order valence-electron chi connectivity index (χ1n) is 12.2. The Bertz CT molecular complexity index is 1620. The molecule has 0 unspecified atom stereocenters. The number of rotatable bonds is 2. The summed E-state index contributed by atoms with van der Waals surface area (Å²) in [5.74, 6) is 0.957. The fourth-order valence-electron chi connectivity index (χ4n) is 5.13. The summed E-state index contributed by atoms with van der Waals surface area (Å²) in [7, 11) is 4.19. The Morgan fingerprint density at radius 1 is 0.914 bits per heavy atom. The van der Waals surface area contributed by atoms with Crippen LogP contribution in [0.5, 0.6) is 0 Å². The Morgan fingerprint density at radius 2 is 1.60 bits per heavy atom. The average molecular weight is 463 g/mol. The number of anilines is 1. The van der Waals surface area contributed by atoms with Crippen LogP contribution in [-0.4, -0.2) is 22.0 Å². The van der Waals surface area contributed by atoms with Gasteiger partial charge in [-0.15, -0.1) is 0 Å². The van der Waals surface area contributed by atoms with Gasteiger partial charge in [0.05, 0.1) is 12.7 Å². The highest BCUT2D eigenvalue weighted by Crippen LogP contribution is 2.49. The first-order chi connectivity index (χ1) is 16.9. The van der Waals surface area contributed by atoms with Crippen LogP contribution in [0.3, 0.4) is 0 Å². The van der Waals surface area contributed by atoms with Gasteiger partial charge < -0.3 is 4.90 Å². The number of hydrogen-bond acceptors (Lipinski definition) is 3. The van der Waals surface area contributed by atoms with Crippen molar-refractivity contribution in [3.05, 3.63) is 89.9 Å². The SMILES string of the molecule is CC.CN1C(=CC=Cc2[nH]c3nc4ccccc4nc3[n+]2C)C(C)(C)c2ccc3ccccc3c21. The minimum atomic E-state index is -0.0814. The molecule has 0 bridgehead atoms. The number of aromatic nitrogens is 4. The molecule has 35 heavy (non-hydrogen) atoms.